The van der Waals surface area contributed by atoms with Gasteiger partial charge in [-0.05, 0) is 25.8 Å². The van der Waals surface area contributed by atoms with E-state index in [1.54, 1.807) is 16.9 Å². The van der Waals surface area contributed by atoms with Crippen LogP contribution in [0.1, 0.15) is 44.3 Å². The van der Waals surface area contributed by atoms with Crippen LogP contribution in [0.3, 0.4) is 0 Å². The Labute approximate surface area is 115 Å². The van der Waals surface area contributed by atoms with Gasteiger partial charge in [0.25, 0.3) is 0 Å². The number of hydrogen-bond acceptors (Lipinski definition) is 3. The lowest BCUT2D eigenvalue weighted by atomic mass is 9.94. The molecule has 0 aromatic carbocycles. The average Bonchev–Trinajstić information content (AvgIpc) is 2.96. The minimum absolute atomic E-state index is 0.297. The molecule has 0 spiro atoms. The molecule has 1 heterocycles. The molecular formula is C13H18F3N3O. The Bertz CT molecular complexity index is 487. The first-order valence-corrected chi connectivity index (χ1v) is 6.65. The molecular weight excluding hydrogens is 271 g/mol. The molecule has 1 aromatic heterocycles. The van der Waals surface area contributed by atoms with E-state index in [2.05, 4.69) is 5.10 Å². The Kier molecular flexibility index (Phi) is 3.90. The second-order valence-corrected chi connectivity index (χ2v) is 5.53. The van der Waals surface area contributed by atoms with Crippen molar-refractivity contribution >= 4 is 5.78 Å². The van der Waals surface area contributed by atoms with E-state index in [1.165, 1.54) is 0 Å². The maximum absolute atomic E-state index is 12.7. The zero-order valence-corrected chi connectivity index (χ0v) is 11.3. The van der Waals surface area contributed by atoms with Gasteiger partial charge in [0.05, 0.1) is 18.2 Å². The van der Waals surface area contributed by atoms with Crippen LogP contribution in [0.2, 0.25) is 0 Å². The van der Waals surface area contributed by atoms with Gasteiger partial charge in [-0.15, -0.1) is 0 Å². The van der Waals surface area contributed by atoms with Gasteiger partial charge >= 0.3 is 6.18 Å². The Morgan fingerprint density at radius 2 is 2.05 bits per heavy atom. The van der Waals surface area contributed by atoms with Gasteiger partial charge in [0, 0.05) is 6.20 Å². The van der Waals surface area contributed by atoms with Crippen LogP contribution >= 0.6 is 0 Å². The van der Waals surface area contributed by atoms with Gasteiger partial charge in [-0.3, -0.25) is 9.48 Å². The van der Waals surface area contributed by atoms with Crippen LogP contribution in [0.5, 0.6) is 0 Å². The third-order valence-corrected chi connectivity index (χ3v) is 3.87. The first-order chi connectivity index (χ1) is 9.22. The van der Waals surface area contributed by atoms with Crippen LogP contribution < -0.4 is 5.73 Å². The average molecular weight is 289 g/mol. The number of alkyl halides is 3. The van der Waals surface area contributed by atoms with Crippen molar-refractivity contribution in [2.45, 2.75) is 56.8 Å². The van der Waals surface area contributed by atoms with E-state index in [0.717, 1.165) is 25.7 Å². The summed E-state index contributed by atoms with van der Waals surface area (Å²) in [5.41, 5.74) is 2.61. The molecule has 7 heteroatoms. The van der Waals surface area contributed by atoms with Crippen LogP contribution in [0.25, 0.3) is 0 Å². The minimum atomic E-state index is -4.75. The Morgan fingerprint density at radius 1 is 1.45 bits per heavy atom. The summed E-state index contributed by atoms with van der Waals surface area (Å²) < 4.78 is 39.7. The monoisotopic (exact) mass is 289 g/mol. The molecule has 1 aromatic rings. The van der Waals surface area contributed by atoms with Gasteiger partial charge in [0.1, 0.15) is 0 Å². The van der Waals surface area contributed by atoms with Crippen LogP contribution in [-0.2, 0) is 11.2 Å². The Balaban J connectivity index is 2.05. The number of halogens is 3. The van der Waals surface area contributed by atoms with Gasteiger partial charge in [0.15, 0.2) is 11.3 Å². The largest absolute Gasteiger partial charge is 0.413 e. The lowest BCUT2D eigenvalue weighted by molar-refractivity contribution is -0.185. The van der Waals surface area contributed by atoms with Crippen molar-refractivity contribution in [2.24, 2.45) is 5.73 Å². The minimum Gasteiger partial charge on any atom is -0.312 e. The summed E-state index contributed by atoms with van der Waals surface area (Å²) in [4.78, 5) is 11.7. The number of carbonyl (C=O) groups is 1. The molecule has 1 aliphatic rings. The SMILES string of the molecule is CC(N)(C(=O)Cc1ccn(C2CCCC2)n1)C(F)(F)F. The van der Waals surface area contributed by atoms with Gasteiger partial charge in [-0.1, -0.05) is 12.8 Å². The van der Waals surface area contributed by atoms with E-state index in [0.29, 0.717) is 18.7 Å². The molecule has 0 radical (unpaired) electrons. The summed E-state index contributed by atoms with van der Waals surface area (Å²) in [5, 5.41) is 4.20. The first kappa shape index (κ1) is 15.0. The fourth-order valence-electron chi connectivity index (χ4n) is 2.35. The van der Waals surface area contributed by atoms with Gasteiger partial charge in [-0.25, -0.2) is 0 Å². The summed E-state index contributed by atoms with van der Waals surface area (Å²) in [6, 6.07) is 1.88. The summed E-state index contributed by atoms with van der Waals surface area (Å²) in [5.74, 6) is -1.07. The Hall–Kier alpha value is -1.37. The van der Waals surface area contributed by atoms with E-state index in [1.807, 2.05) is 0 Å². The molecule has 20 heavy (non-hydrogen) atoms. The molecule has 112 valence electrons. The zero-order chi connectivity index (χ0) is 15.0. The molecule has 1 saturated carbocycles. The molecule has 4 nitrogen and oxygen atoms in total. The third-order valence-electron chi connectivity index (χ3n) is 3.87. The van der Waals surface area contributed by atoms with Gasteiger partial charge < -0.3 is 5.73 Å². The van der Waals surface area contributed by atoms with Crippen molar-refractivity contribution in [2.75, 3.05) is 0 Å². The molecule has 1 atom stereocenters. The van der Waals surface area contributed by atoms with Crippen molar-refractivity contribution < 1.29 is 18.0 Å². The lowest BCUT2D eigenvalue weighted by Crippen LogP contribution is -2.57. The third kappa shape index (κ3) is 2.87. The standard InChI is InChI=1S/C13H18F3N3O/c1-12(17,13(14,15)16)11(20)8-9-6-7-19(18-9)10-4-2-3-5-10/h6-7,10H,2-5,8,17H2,1H3. The molecule has 1 aliphatic carbocycles. The summed E-state index contributed by atoms with van der Waals surface area (Å²) >= 11 is 0. The number of nitrogens with two attached hydrogens (primary N) is 1. The maximum atomic E-state index is 12.7. The molecule has 0 bridgehead atoms. The number of carbonyl (C=O) groups excluding carboxylic acids is 1. The van der Waals surface area contributed by atoms with E-state index < -0.39 is 23.9 Å². The summed E-state index contributed by atoms with van der Waals surface area (Å²) in [7, 11) is 0. The fraction of sp³-hybridized carbons (Fsp3) is 0.692. The molecule has 2 rings (SSSR count). The maximum Gasteiger partial charge on any atom is 0.413 e. The lowest BCUT2D eigenvalue weighted by Gasteiger charge is -2.25. The normalized spacial score (nSPS) is 20.1. The second-order valence-electron chi connectivity index (χ2n) is 5.53. The van der Waals surface area contributed by atoms with E-state index in [4.69, 9.17) is 5.73 Å². The van der Waals surface area contributed by atoms with Crippen LogP contribution in [-0.4, -0.2) is 27.3 Å². The fourth-order valence-corrected chi connectivity index (χ4v) is 2.35. The predicted molar refractivity (Wildman–Crippen MR) is 67.1 cm³/mol. The van der Waals surface area contributed by atoms with Crippen molar-refractivity contribution in [1.82, 2.24) is 9.78 Å². The highest BCUT2D eigenvalue weighted by atomic mass is 19.4. The van der Waals surface area contributed by atoms with Crippen molar-refractivity contribution in [1.29, 1.82) is 0 Å². The van der Waals surface area contributed by atoms with Crippen LogP contribution in [0, 0.1) is 0 Å². The molecule has 0 saturated heterocycles. The van der Waals surface area contributed by atoms with E-state index >= 15 is 0 Å². The topological polar surface area (TPSA) is 60.9 Å². The van der Waals surface area contributed by atoms with Crippen molar-refractivity contribution in [3.63, 3.8) is 0 Å². The summed E-state index contributed by atoms with van der Waals surface area (Å²) in [6.07, 6.45) is 0.879. The highest BCUT2D eigenvalue weighted by molar-refractivity contribution is 5.90. The number of hydrogen-bond donors (Lipinski definition) is 1. The van der Waals surface area contributed by atoms with Gasteiger partial charge in [0.2, 0.25) is 0 Å². The molecule has 0 amide bonds. The number of nitrogens with zero attached hydrogens (tertiary/aromatic N) is 2. The van der Waals surface area contributed by atoms with Crippen molar-refractivity contribution in [3.05, 3.63) is 18.0 Å². The Morgan fingerprint density at radius 3 is 2.60 bits per heavy atom. The highest BCUT2D eigenvalue weighted by Crippen LogP contribution is 2.30. The van der Waals surface area contributed by atoms with E-state index in [-0.39, 0.29) is 0 Å². The van der Waals surface area contributed by atoms with E-state index in [9.17, 15) is 18.0 Å². The molecule has 1 fully saturated rings. The highest BCUT2D eigenvalue weighted by Gasteiger charge is 2.53. The second kappa shape index (κ2) is 5.20. The van der Waals surface area contributed by atoms with Crippen LogP contribution in [0.4, 0.5) is 13.2 Å². The molecule has 0 aliphatic heterocycles. The number of aromatic nitrogens is 2. The number of rotatable bonds is 4. The predicted octanol–water partition coefficient (Wildman–Crippen LogP) is 2.39. The molecule has 1 unspecified atom stereocenters. The number of Topliss-reactive ketones (excluding diaryl/α,β-unsaturated/α-hetero) is 1. The van der Waals surface area contributed by atoms with Gasteiger partial charge in [-0.2, -0.15) is 18.3 Å². The van der Waals surface area contributed by atoms with Crippen LogP contribution in [0.15, 0.2) is 12.3 Å². The first-order valence-electron chi connectivity index (χ1n) is 6.65. The zero-order valence-electron chi connectivity index (χ0n) is 11.3. The number of ketones is 1. The molecule has 2 N–H and O–H groups in total. The smallest absolute Gasteiger partial charge is 0.312 e. The quantitative estimate of drug-likeness (QED) is 0.925. The summed E-state index contributed by atoms with van der Waals surface area (Å²) in [6.45, 7) is 0.698. The van der Waals surface area contributed by atoms with Crippen molar-refractivity contribution in [3.8, 4) is 0 Å².